The Bertz CT molecular complexity index is 468. The zero-order valence-corrected chi connectivity index (χ0v) is 13.9. The van der Waals surface area contributed by atoms with Crippen molar-refractivity contribution in [3.8, 4) is 0 Å². The number of hydrogen-bond acceptors (Lipinski definition) is 4. The zero-order valence-electron chi connectivity index (χ0n) is 13.1. The number of rotatable bonds is 3. The quantitative estimate of drug-likeness (QED) is 0.929. The molecule has 0 radical (unpaired) electrons. The van der Waals surface area contributed by atoms with Crippen LogP contribution >= 0.6 is 11.8 Å². The molecule has 1 N–H and O–H groups in total. The molecule has 1 spiro atoms. The number of thioether (sulfide) groups is 1. The van der Waals surface area contributed by atoms with Crippen LogP contribution in [-0.4, -0.2) is 35.7 Å². The van der Waals surface area contributed by atoms with E-state index in [2.05, 4.69) is 42.1 Å². The highest BCUT2D eigenvalue weighted by atomic mass is 32.2. The van der Waals surface area contributed by atoms with Gasteiger partial charge in [-0.3, -0.25) is 4.98 Å². The molecule has 2 fully saturated rings. The Morgan fingerprint density at radius 2 is 2.24 bits per heavy atom. The topological polar surface area (TPSA) is 34.2 Å². The summed E-state index contributed by atoms with van der Waals surface area (Å²) in [6.07, 6.45) is 8.69. The fourth-order valence-corrected chi connectivity index (χ4v) is 5.16. The molecule has 4 heteroatoms. The van der Waals surface area contributed by atoms with Crippen LogP contribution in [0.2, 0.25) is 0 Å². The molecule has 0 aliphatic carbocycles. The molecule has 0 aromatic carbocycles. The minimum atomic E-state index is 0.157. The van der Waals surface area contributed by atoms with Crippen LogP contribution in [0, 0.1) is 12.8 Å². The lowest BCUT2D eigenvalue weighted by Gasteiger charge is -2.45. The molecule has 2 unspecified atom stereocenters. The van der Waals surface area contributed by atoms with Gasteiger partial charge in [0.05, 0.1) is 5.60 Å². The standard InChI is InChI=1S/C17H26N2OS/c1-13-12-19-7-3-15(13)16(18-2)14-4-8-20-17(11-14)5-9-21-10-6-17/h3,7,12,14,16,18H,4-6,8-11H2,1-2H3. The van der Waals surface area contributed by atoms with Crippen molar-refractivity contribution in [2.75, 3.05) is 25.2 Å². The van der Waals surface area contributed by atoms with Gasteiger partial charge < -0.3 is 10.1 Å². The van der Waals surface area contributed by atoms with Gasteiger partial charge in [-0.15, -0.1) is 0 Å². The normalized spacial score (nSPS) is 26.7. The molecule has 21 heavy (non-hydrogen) atoms. The van der Waals surface area contributed by atoms with Crippen molar-refractivity contribution in [3.05, 3.63) is 29.6 Å². The number of aromatic nitrogens is 1. The lowest BCUT2D eigenvalue weighted by Crippen LogP contribution is -2.45. The Morgan fingerprint density at radius 3 is 2.95 bits per heavy atom. The second-order valence-electron chi connectivity index (χ2n) is 6.40. The third kappa shape index (κ3) is 3.27. The van der Waals surface area contributed by atoms with Crippen molar-refractivity contribution in [2.45, 2.75) is 44.2 Å². The highest BCUT2D eigenvalue weighted by molar-refractivity contribution is 7.99. The van der Waals surface area contributed by atoms with E-state index in [9.17, 15) is 0 Å². The van der Waals surface area contributed by atoms with Crippen LogP contribution in [0.4, 0.5) is 0 Å². The van der Waals surface area contributed by atoms with Crippen molar-refractivity contribution in [3.63, 3.8) is 0 Å². The zero-order chi connectivity index (χ0) is 14.7. The van der Waals surface area contributed by atoms with E-state index in [1.165, 1.54) is 41.9 Å². The Labute approximate surface area is 132 Å². The number of ether oxygens (including phenoxy) is 1. The van der Waals surface area contributed by atoms with E-state index < -0.39 is 0 Å². The number of nitrogens with one attached hydrogen (secondary N) is 1. The average molecular weight is 306 g/mol. The predicted molar refractivity (Wildman–Crippen MR) is 88.7 cm³/mol. The van der Waals surface area contributed by atoms with Crippen molar-refractivity contribution in [1.82, 2.24) is 10.3 Å². The molecular formula is C17H26N2OS. The molecule has 2 saturated heterocycles. The lowest BCUT2D eigenvalue weighted by molar-refractivity contribution is -0.107. The minimum Gasteiger partial charge on any atom is -0.375 e. The van der Waals surface area contributed by atoms with E-state index >= 15 is 0 Å². The Hall–Kier alpha value is -0.580. The summed E-state index contributed by atoms with van der Waals surface area (Å²) in [7, 11) is 2.09. The second-order valence-corrected chi connectivity index (χ2v) is 7.62. The highest BCUT2D eigenvalue weighted by Gasteiger charge is 2.41. The second kappa shape index (κ2) is 6.67. The molecule has 0 amide bonds. The van der Waals surface area contributed by atoms with Gasteiger partial charge in [0.2, 0.25) is 0 Å². The van der Waals surface area contributed by atoms with Crippen LogP contribution in [0.3, 0.4) is 0 Å². The van der Waals surface area contributed by atoms with Crippen molar-refractivity contribution < 1.29 is 4.74 Å². The maximum absolute atomic E-state index is 6.24. The van der Waals surface area contributed by atoms with E-state index in [1.807, 2.05) is 12.4 Å². The summed E-state index contributed by atoms with van der Waals surface area (Å²) >= 11 is 2.07. The Morgan fingerprint density at radius 1 is 1.43 bits per heavy atom. The number of nitrogens with zero attached hydrogens (tertiary/aromatic N) is 1. The molecule has 1 aromatic rings. The summed E-state index contributed by atoms with van der Waals surface area (Å²) in [5.41, 5.74) is 2.85. The molecule has 2 atom stereocenters. The summed E-state index contributed by atoms with van der Waals surface area (Å²) in [5, 5.41) is 3.56. The van der Waals surface area contributed by atoms with Gasteiger partial charge in [-0.1, -0.05) is 0 Å². The third-order valence-electron chi connectivity index (χ3n) is 5.12. The molecule has 3 heterocycles. The Balaban J connectivity index is 1.79. The molecule has 1 aromatic heterocycles. The van der Waals surface area contributed by atoms with Crippen molar-refractivity contribution in [2.24, 2.45) is 5.92 Å². The van der Waals surface area contributed by atoms with Gasteiger partial charge in [-0.25, -0.2) is 0 Å². The lowest BCUT2D eigenvalue weighted by atomic mass is 9.76. The fourth-order valence-electron chi connectivity index (χ4n) is 3.92. The van der Waals surface area contributed by atoms with Gasteiger partial charge in [-0.2, -0.15) is 11.8 Å². The van der Waals surface area contributed by atoms with Crippen molar-refractivity contribution in [1.29, 1.82) is 0 Å². The third-order valence-corrected chi connectivity index (χ3v) is 6.10. The first-order chi connectivity index (χ1) is 10.2. The molecule has 2 aliphatic rings. The summed E-state index contributed by atoms with van der Waals surface area (Å²) in [5.74, 6) is 3.17. The van der Waals surface area contributed by atoms with E-state index in [4.69, 9.17) is 4.74 Å². The van der Waals surface area contributed by atoms with Gasteiger partial charge >= 0.3 is 0 Å². The average Bonchev–Trinajstić information content (AvgIpc) is 2.51. The van der Waals surface area contributed by atoms with E-state index in [-0.39, 0.29) is 5.60 Å². The largest absolute Gasteiger partial charge is 0.375 e. The maximum Gasteiger partial charge on any atom is 0.0701 e. The predicted octanol–water partition coefficient (Wildman–Crippen LogP) is 3.34. The molecule has 3 rings (SSSR count). The van der Waals surface area contributed by atoms with Crippen LogP contribution < -0.4 is 5.32 Å². The highest BCUT2D eigenvalue weighted by Crippen LogP contribution is 2.43. The Kier molecular flexibility index (Phi) is 4.87. The monoisotopic (exact) mass is 306 g/mol. The smallest absolute Gasteiger partial charge is 0.0701 e. The van der Waals surface area contributed by atoms with E-state index in [1.54, 1.807) is 0 Å². The summed E-state index contributed by atoms with van der Waals surface area (Å²) in [4.78, 5) is 4.23. The molecule has 116 valence electrons. The van der Waals surface area contributed by atoms with Crippen LogP contribution in [0.1, 0.15) is 42.9 Å². The maximum atomic E-state index is 6.24. The first kappa shape index (κ1) is 15.3. The molecule has 2 aliphatic heterocycles. The SMILES string of the molecule is CNC(c1ccncc1C)C1CCOC2(CCSCC2)C1. The van der Waals surface area contributed by atoms with Crippen LogP contribution in [0.5, 0.6) is 0 Å². The molecular weight excluding hydrogens is 280 g/mol. The first-order valence-corrected chi connectivity index (χ1v) is 9.19. The molecule has 3 nitrogen and oxygen atoms in total. The van der Waals surface area contributed by atoms with Crippen LogP contribution in [0.25, 0.3) is 0 Å². The van der Waals surface area contributed by atoms with Crippen LogP contribution in [-0.2, 0) is 4.74 Å². The van der Waals surface area contributed by atoms with Crippen molar-refractivity contribution >= 4 is 11.8 Å². The summed E-state index contributed by atoms with van der Waals surface area (Å²) < 4.78 is 6.24. The van der Waals surface area contributed by atoms with Gasteiger partial charge in [0.25, 0.3) is 0 Å². The van der Waals surface area contributed by atoms with Gasteiger partial charge in [0, 0.05) is 25.0 Å². The molecule has 0 saturated carbocycles. The van der Waals surface area contributed by atoms with Gasteiger partial charge in [0.15, 0.2) is 0 Å². The van der Waals surface area contributed by atoms with E-state index in [0.717, 1.165) is 13.0 Å². The van der Waals surface area contributed by atoms with Gasteiger partial charge in [-0.05, 0) is 74.3 Å². The summed E-state index contributed by atoms with van der Waals surface area (Å²) in [6.45, 7) is 3.08. The number of aryl methyl sites for hydroxylation is 1. The fraction of sp³-hybridized carbons (Fsp3) is 0.706. The first-order valence-electron chi connectivity index (χ1n) is 8.04. The number of pyridine rings is 1. The van der Waals surface area contributed by atoms with Crippen LogP contribution in [0.15, 0.2) is 18.5 Å². The van der Waals surface area contributed by atoms with Gasteiger partial charge in [0.1, 0.15) is 0 Å². The molecule has 0 bridgehead atoms. The van der Waals surface area contributed by atoms with E-state index in [0.29, 0.717) is 12.0 Å². The minimum absolute atomic E-state index is 0.157. The number of hydrogen-bond donors (Lipinski definition) is 1. The summed E-state index contributed by atoms with van der Waals surface area (Å²) in [6, 6.07) is 2.60.